The number of nitrogens with one attached hydrogen (secondary N) is 1. The summed E-state index contributed by atoms with van der Waals surface area (Å²) < 4.78 is 12.1. The van der Waals surface area contributed by atoms with E-state index in [-0.39, 0.29) is 12.7 Å². The summed E-state index contributed by atoms with van der Waals surface area (Å²) in [5.41, 5.74) is 1.38. The van der Waals surface area contributed by atoms with Crippen molar-refractivity contribution in [3.63, 3.8) is 0 Å². The number of hydrogen-bond donors (Lipinski definition) is 1. The van der Waals surface area contributed by atoms with E-state index in [1.54, 1.807) is 0 Å². The summed E-state index contributed by atoms with van der Waals surface area (Å²) in [4.78, 5) is 0. The molecule has 2 heteroatoms. The van der Waals surface area contributed by atoms with Gasteiger partial charge < -0.3 is 5.32 Å². The van der Waals surface area contributed by atoms with Gasteiger partial charge in [-0.2, -0.15) is 0 Å². The van der Waals surface area contributed by atoms with Crippen LogP contribution in [0.25, 0.3) is 0 Å². The number of allylic oxidation sites excluding steroid dienone is 1. The van der Waals surface area contributed by atoms with Gasteiger partial charge in [0.15, 0.2) is 0 Å². The fourth-order valence-electron chi connectivity index (χ4n) is 1.14. The Morgan fingerprint density at radius 3 is 3.30 bits per heavy atom. The molecular formula is C8H14FN. The highest BCUT2D eigenvalue weighted by Crippen LogP contribution is 2.09. The minimum Gasteiger partial charge on any atom is -0.308 e. The molecule has 1 N–H and O–H groups in total. The highest BCUT2D eigenvalue weighted by molar-refractivity contribution is 5.02. The highest BCUT2D eigenvalue weighted by atomic mass is 19.1. The third kappa shape index (κ3) is 2.10. The van der Waals surface area contributed by atoms with Gasteiger partial charge in [0.1, 0.15) is 6.67 Å². The summed E-state index contributed by atoms with van der Waals surface area (Å²) in [6, 6.07) is 0.0914. The quantitative estimate of drug-likeness (QED) is 0.550. The number of halogens is 1. The minimum atomic E-state index is -0.235. The van der Waals surface area contributed by atoms with Gasteiger partial charge >= 0.3 is 0 Å². The average Bonchev–Trinajstić information content (AvgIpc) is 2.14. The summed E-state index contributed by atoms with van der Waals surface area (Å²) in [5.74, 6) is 0. The van der Waals surface area contributed by atoms with Crippen LogP contribution in [0.4, 0.5) is 4.39 Å². The van der Waals surface area contributed by atoms with E-state index in [0.717, 1.165) is 19.4 Å². The van der Waals surface area contributed by atoms with Crippen LogP contribution in [0.5, 0.6) is 0 Å². The smallest absolute Gasteiger partial charge is 0.105 e. The van der Waals surface area contributed by atoms with Crippen molar-refractivity contribution in [2.45, 2.75) is 25.8 Å². The standard InChI is InChI=1S/C8H14FN/c1-7-2-3-8(6-9)10-5-4-7/h4,8,10H,2-3,5-6H2,1H3/t8-/m1/s1. The van der Waals surface area contributed by atoms with Crippen LogP contribution in [-0.4, -0.2) is 19.3 Å². The summed E-state index contributed by atoms with van der Waals surface area (Å²) in [6.45, 7) is 2.70. The summed E-state index contributed by atoms with van der Waals surface area (Å²) in [6.07, 6.45) is 4.12. The molecule has 1 rings (SSSR count). The van der Waals surface area contributed by atoms with Gasteiger partial charge in [0.25, 0.3) is 0 Å². The second-order valence-electron chi connectivity index (χ2n) is 2.85. The maximum atomic E-state index is 12.1. The Morgan fingerprint density at radius 1 is 1.80 bits per heavy atom. The van der Waals surface area contributed by atoms with E-state index < -0.39 is 0 Å². The molecule has 0 spiro atoms. The first kappa shape index (κ1) is 7.73. The van der Waals surface area contributed by atoms with Crippen LogP contribution in [0.15, 0.2) is 11.6 Å². The van der Waals surface area contributed by atoms with Crippen LogP contribution < -0.4 is 5.32 Å². The molecule has 0 unspecified atom stereocenters. The Hall–Kier alpha value is -0.370. The zero-order valence-corrected chi connectivity index (χ0v) is 6.36. The lowest BCUT2D eigenvalue weighted by atomic mass is 10.1. The molecule has 0 aliphatic carbocycles. The largest absolute Gasteiger partial charge is 0.308 e. The zero-order valence-electron chi connectivity index (χ0n) is 6.36. The predicted molar refractivity (Wildman–Crippen MR) is 40.8 cm³/mol. The van der Waals surface area contributed by atoms with Crippen LogP contribution in [-0.2, 0) is 0 Å². The van der Waals surface area contributed by atoms with Gasteiger partial charge in [0.2, 0.25) is 0 Å². The Labute approximate surface area is 61.3 Å². The predicted octanol–water partition coefficient (Wildman–Crippen LogP) is 1.65. The first-order chi connectivity index (χ1) is 4.83. The maximum absolute atomic E-state index is 12.1. The van der Waals surface area contributed by atoms with E-state index in [9.17, 15) is 4.39 Å². The van der Waals surface area contributed by atoms with Gasteiger partial charge in [0.05, 0.1) is 0 Å². The van der Waals surface area contributed by atoms with Crippen molar-refractivity contribution in [2.75, 3.05) is 13.2 Å². The summed E-state index contributed by atoms with van der Waals surface area (Å²) in [5, 5.41) is 3.11. The molecule has 10 heavy (non-hydrogen) atoms. The van der Waals surface area contributed by atoms with E-state index in [2.05, 4.69) is 18.3 Å². The number of alkyl halides is 1. The molecule has 0 aromatic carbocycles. The number of hydrogen-bond acceptors (Lipinski definition) is 1. The molecule has 1 aliphatic heterocycles. The lowest BCUT2D eigenvalue weighted by Crippen LogP contribution is -2.29. The first-order valence-corrected chi connectivity index (χ1v) is 3.78. The number of rotatable bonds is 1. The summed E-state index contributed by atoms with van der Waals surface area (Å²) >= 11 is 0. The van der Waals surface area contributed by atoms with Crippen molar-refractivity contribution < 1.29 is 4.39 Å². The summed E-state index contributed by atoms with van der Waals surface area (Å²) in [7, 11) is 0. The van der Waals surface area contributed by atoms with E-state index in [1.165, 1.54) is 5.57 Å². The van der Waals surface area contributed by atoms with E-state index in [4.69, 9.17) is 0 Å². The Kier molecular flexibility index (Phi) is 2.87. The second kappa shape index (κ2) is 3.71. The van der Waals surface area contributed by atoms with Gasteiger partial charge in [-0.05, 0) is 19.8 Å². The van der Waals surface area contributed by atoms with Crippen LogP contribution in [0.1, 0.15) is 19.8 Å². The van der Waals surface area contributed by atoms with Crippen LogP contribution in [0.3, 0.4) is 0 Å². The topological polar surface area (TPSA) is 12.0 Å². The van der Waals surface area contributed by atoms with Gasteiger partial charge in [-0.3, -0.25) is 0 Å². The lowest BCUT2D eigenvalue weighted by Gasteiger charge is -2.09. The maximum Gasteiger partial charge on any atom is 0.105 e. The molecule has 0 fully saturated rings. The molecule has 0 saturated carbocycles. The molecule has 1 nitrogen and oxygen atoms in total. The van der Waals surface area contributed by atoms with Crippen molar-refractivity contribution in [3.8, 4) is 0 Å². The molecule has 1 aliphatic rings. The van der Waals surface area contributed by atoms with E-state index in [0.29, 0.717) is 0 Å². The lowest BCUT2D eigenvalue weighted by molar-refractivity contribution is 0.372. The molecule has 0 aromatic heterocycles. The molecule has 58 valence electrons. The monoisotopic (exact) mass is 143 g/mol. The SMILES string of the molecule is CC1=CCN[C@@H](CF)CC1. The van der Waals surface area contributed by atoms with Crippen LogP contribution in [0, 0.1) is 0 Å². The first-order valence-electron chi connectivity index (χ1n) is 3.78. The van der Waals surface area contributed by atoms with Gasteiger partial charge in [-0.1, -0.05) is 11.6 Å². The van der Waals surface area contributed by atoms with Crippen molar-refractivity contribution in [1.82, 2.24) is 5.32 Å². The van der Waals surface area contributed by atoms with Crippen molar-refractivity contribution in [1.29, 1.82) is 0 Å². The molecule has 0 bridgehead atoms. The fraction of sp³-hybridized carbons (Fsp3) is 0.750. The van der Waals surface area contributed by atoms with E-state index in [1.807, 2.05) is 0 Å². The molecule has 0 saturated heterocycles. The van der Waals surface area contributed by atoms with Gasteiger partial charge in [-0.15, -0.1) is 0 Å². The normalized spacial score (nSPS) is 27.4. The van der Waals surface area contributed by atoms with Gasteiger partial charge in [-0.25, -0.2) is 4.39 Å². The van der Waals surface area contributed by atoms with Crippen LogP contribution in [0.2, 0.25) is 0 Å². The highest BCUT2D eigenvalue weighted by Gasteiger charge is 2.09. The minimum absolute atomic E-state index is 0.0914. The third-order valence-corrected chi connectivity index (χ3v) is 1.93. The second-order valence-corrected chi connectivity index (χ2v) is 2.85. The molecule has 1 heterocycles. The average molecular weight is 143 g/mol. The van der Waals surface area contributed by atoms with Gasteiger partial charge in [0, 0.05) is 12.6 Å². The molecule has 0 radical (unpaired) electrons. The third-order valence-electron chi connectivity index (χ3n) is 1.93. The Balaban J connectivity index is 2.36. The van der Waals surface area contributed by atoms with Crippen molar-refractivity contribution >= 4 is 0 Å². The van der Waals surface area contributed by atoms with E-state index >= 15 is 0 Å². The zero-order chi connectivity index (χ0) is 7.40. The van der Waals surface area contributed by atoms with Crippen LogP contribution >= 0.6 is 0 Å². The fourth-order valence-corrected chi connectivity index (χ4v) is 1.14. The Bertz CT molecular complexity index is 131. The molecular weight excluding hydrogens is 129 g/mol. The molecule has 0 aromatic rings. The van der Waals surface area contributed by atoms with Crippen molar-refractivity contribution in [2.24, 2.45) is 0 Å². The van der Waals surface area contributed by atoms with Crippen molar-refractivity contribution in [3.05, 3.63) is 11.6 Å². The Morgan fingerprint density at radius 2 is 2.60 bits per heavy atom. The molecule has 1 atom stereocenters. The molecule has 0 amide bonds.